The van der Waals surface area contributed by atoms with Crippen LogP contribution in [0.25, 0.3) is 22.5 Å². The third-order valence-corrected chi connectivity index (χ3v) is 6.91. The fraction of sp³-hybridized carbons (Fsp3) is 0.0882. The van der Waals surface area contributed by atoms with Crippen LogP contribution in [0.15, 0.2) is 97.1 Å². The lowest BCUT2D eigenvalue weighted by atomic mass is 10.1. The molecular weight excluding hydrogens is 601 g/mol. The highest BCUT2D eigenvalue weighted by Crippen LogP contribution is 2.41. The van der Waals surface area contributed by atoms with Gasteiger partial charge in [-0.2, -0.15) is 15.0 Å². The van der Waals surface area contributed by atoms with Gasteiger partial charge in [0.1, 0.15) is 5.82 Å². The summed E-state index contributed by atoms with van der Waals surface area (Å²) in [6.07, 6.45) is 0. The first kappa shape index (κ1) is 30.5. The number of nitrogens with one attached hydrogen (secondary N) is 3. The maximum atomic E-state index is 13.5. The Bertz CT molecular complexity index is 1970. The van der Waals surface area contributed by atoms with E-state index < -0.39 is 0 Å². The van der Waals surface area contributed by atoms with Gasteiger partial charge in [0.25, 0.3) is 0 Å². The molecule has 4 aromatic carbocycles. The number of anilines is 7. The van der Waals surface area contributed by atoms with Gasteiger partial charge in [0.15, 0.2) is 11.5 Å². The number of hydrogen-bond acceptors (Lipinski definition) is 12. The largest absolute Gasteiger partial charge is 0.493 e. The predicted molar refractivity (Wildman–Crippen MR) is 179 cm³/mol. The van der Waals surface area contributed by atoms with E-state index in [4.69, 9.17) is 19.9 Å². The minimum absolute atomic E-state index is 0.110. The number of nitrogen functional groups attached to an aromatic ring is 1. The number of nitrogens with two attached hydrogens (primary N) is 1. The summed E-state index contributed by atoms with van der Waals surface area (Å²) in [5.74, 6) is 2.09. The van der Waals surface area contributed by atoms with E-state index in [2.05, 4.69) is 40.9 Å². The first-order chi connectivity index (χ1) is 22.9. The van der Waals surface area contributed by atoms with Crippen molar-refractivity contribution in [3.8, 4) is 39.8 Å². The number of aromatic nitrogens is 5. The van der Waals surface area contributed by atoms with Crippen LogP contribution in [0, 0.1) is 5.82 Å². The van der Waals surface area contributed by atoms with Gasteiger partial charge in [0.2, 0.25) is 29.5 Å². The third kappa shape index (κ3) is 7.26. The molecule has 2 heterocycles. The van der Waals surface area contributed by atoms with Crippen molar-refractivity contribution >= 4 is 40.9 Å². The summed E-state index contributed by atoms with van der Waals surface area (Å²) in [6.45, 7) is 0. The SMILES string of the molecule is COc1cc(-c2cc(-c3ccc(Nc4nc(Nc5ccccc5)nc(Nc5ccc(F)cc5)n4)cc3)nc(N)n2)cc(OC)c1OC. The second-order valence-corrected chi connectivity index (χ2v) is 10.0. The van der Waals surface area contributed by atoms with Crippen molar-refractivity contribution in [1.82, 2.24) is 24.9 Å². The molecule has 0 spiro atoms. The average Bonchev–Trinajstić information content (AvgIpc) is 3.09. The lowest BCUT2D eigenvalue weighted by Gasteiger charge is -2.14. The number of halogens is 1. The van der Waals surface area contributed by atoms with Crippen molar-refractivity contribution in [2.24, 2.45) is 0 Å². The molecule has 0 bridgehead atoms. The second kappa shape index (κ2) is 13.6. The molecule has 47 heavy (non-hydrogen) atoms. The molecule has 0 aliphatic rings. The first-order valence-electron chi connectivity index (χ1n) is 14.3. The van der Waals surface area contributed by atoms with Gasteiger partial charge < -0.3 is 35.9 Å². The van der Waals surface area contributed by atoms with E-state index in [9.17, 15) is 4.39 Å². The molecule has 6 rings (SSSR count). The van der Waals surface area contributed by atoms with Gasteiger partial charge in [-0.3, -0.25) is 0 Å². The fourth-order valence-corrected chi connectivity index (χ4v) is 4.70. The molecule has 0 saturated carbocycles. The molecule has 0 unspecified atom stereocenters. The summed E-state index contributed by atoms with van der Waals surface area (Å²) in [4.78, 5) is 22.5. The highest BCUT2D eigenvalue weighted by atomic mass is 19.1. The smallest absolute Gasteiger partial charge is 0.233 e. The average molecular weight is 632 g/mol. The molecule has 0 aliphatic carbocycles. The van der Waals surface area contributed by atoms with Crippen LogP contribution in [0.4, 0.5) is 45.2 Å². The molecule has 13 heteroatoms. The molecule has 0 radical (unpaired) electrons. The van der Waals surface area contributed by atoms with Crippen molar-refractivity contribution in [3.05, 3.63) is 103 Å². The normalized spacial score (nSPS) is 10.6. The maximum absolute atomic E-state index is 13.5. The molecule has 0 atom stereocenters. The zero-order valence-corrected chi connectivity index (χ0v) is 25.7. The fourth-order valence-electron chi connectivity index (χ4n) is 4.70. The van der Waals surface area contributed by atoms with Crippen LogP contribution in [0.1, 0.15) is 0 Å². The van der Waals surface area contributed by atoms with E-state index in [-0.39, 0.29) is 23.7 Å². The van der Waals surface area contributed by atoms with Crippen LogP contribution in [-0.4, -0.2) is 46.2 Å². The van der Waals surface area contributed by atoms with Crippen molar-refractivity contribution in [1.29, 1.82) is 0 Å². The Kier molecular flexibility index (Phi) is 8.86. The van der Waals surface area contributed by atoms with Crippen LogP contribution < -0.4 is 35.9 Å². The number of nitrogens with zero attached hydrogens (tertiary/aromatic N) is 5. The van der Waals surface area contributed by atoms with Crippen molar-refractivity contribution < 1.29 is 18.6 Å². The number of rotatable bonds is 11. The van der Waals surface area contributed by atoms with E-state index in [0.717, 1.165) is 11.3 Å². The number of para-hydroxylation sites is 1. The number of hydrogen-bond donors (Lipinski definition) is 4. The van der Waals surface area contributed by atoms with Crippen LogP contribution in [-0.2, 0) is 0 Å². The topological polar surface area (TPSA) is 154 Å². The summed E-state index contributed by atoms with van der Waals surface area (Å²) >= 11 is 0. The predicted octanol–water partition coefficient (Wildman–Crippen LogP) is 6.97. The Morgan fingerprint density at radius 2 is 1.00 bits per heavy atom. The van der Waals surface area contributed by atoms with Gasteiger partial charge in [-0.05, 0) is 66.7 Å². The summed E-state index contributed by atoms with van der Waals surface area (Å²) in [7, 11) is 4.65. The highest BCUT2D eigenvalue weighted by Gasteiger charge is 2.16. The van der Waals surface area contributed by atoms with Crippen molar-refractivity contribution in [3.63, 3.8) is 0 Å². The van der Waals surface area contributed by atoms with Crippen molar-refractivity contribution in [2.45, 2.75) is 0 Å². The lowest BCUT2D eigenvalue weighted by molar-refractivity contribution is 0.324. The molecule has 5 N–H and O–H groups in total. The van der Waals surface area contributed by atoms with Crippen molar-refractivity contribution in [2.75, 3.05) is 43.0 Å². The van der Waals surface area contributed by atoms with Crippen LogP contribution in [0.5, 0.6) is 17.2 Å². The summed E-state index contributed by atoms with van der Waals surface area (Å²) in [5.41, 5.74) is 11.0. The second-order valence-electron chi connectivity index (χ2n) is 10.0. The molecule has 0 amide bonds. The minimum Gasteiger partial charge on any atom is -0.493 e. The van der Waals surface area contributed by atoms with Gasteiger partial charge in [-0.25, -0.2) is 14.4 Å². The van der Waals surface area contributed by atoms with Gasteiger partial charge in [0.05, 0.1) is 32.7 Å². The van der Waals surface area contributed by atoms with E-state index in [1.807, 2.05) is 60.7 Å². The van der Waals surface area contributed by atoms with Gasteiger partial charge in [-0.1, -0.05) is 30.3 Å². The number of methoxy groups -OCH3 is 3. The van der Waals surface area contributed by atoms with E-state index in [1.54, 1.807) is 45.6 Å². The van der Waals surface area contributed by atoms with Crippen LogP contribution >= 0.6 is 0 Å². The zero-order chi connectivity index (χ0) is 32.8. The van der Waals surface area contributed by atoms with Gasteiger partial charge in [0, 0.05) is 28.2 Å². The lowest BCUT2D eigenvalue weighted by Crippen LogP contribution is -2.07. The number of benzene rings is 4. The minimum atomic E-state index is -0.342. The Morgan fingerprint density at radius 3 is 1.49 bits per heavy atom. The summed E-state index contributed by atoms with van der Waals surface area (Å²) < 4.78 is 29.9. The Labute approximate surface area is 269 Å². The third-order valence-electron chi connectivity index (χ3n) is 6.91. The van der Waals surface area contributed by atoms with E-state index in [0.29, 0.717) is 51.5 Å². The molecular formula is C34H30FN9O3. The Balaban J connectivity index is 1.27. The summed E-state index contributed by atoms with van der Waals surface area (Å²) in [5, 5.41) is 9.52. The van der Waals surface area contributed by atoms with Gasteiger partial charge in [-0.15, -0.1) is 0 Å². The molecule has 0 aliphatic heterocycles. The summed E-state index contributed by atoms with van der Waals surface area (Å²) in [6, 6.07) is 28.4. The first-order valence-corrected chi connectivity index (χ1v) is 14.3. The Morgan fingerprint density at radius 1 is 0.532 bits per heavy atom. The molecule has 236 valence electrons. The zero-order valence-electron chi connectivity index (χ0n) is 25.7. The quantitative estimate of drug-likeness (QED) is 0.117. The highest BCUT2D eigenvalue weighted by molar-refractivity contribution is 5.74. The molecule has 0 saturated heterocycles. The van der Waals surface area contributed by atoms with Gasteiger partial charge >= 0.3 is 0 Å². The molecule has 2 aromatic heterocycles. The molecule has 6 aromatic rings. The maximum Gasteiger partial charge on any atom is 0.233 e. The standard InChI is InChI=1S/C34H30FN9O3/c1-45-28-17-21(18-29(46-2)30(28)47-3)27-19-26(40-31(36)41-27)20-9-13-24(14-10-20)38-33-42-32(37-23-7-5-4-6-8-23)43-34(44-33)39-25-15-11-22(35)12-16-25/h4-19H,1-3H3,(H2,36,40,41)(H3,37,38,39,42,43,44). The van der Waals surface area contributed by atoms with E-state index in [1.165, 1.54) is 12.1 Å². The molecule has 0 fully saturated rings. The molecule has 12 nitrogen and oxygen atoms in total. The van der Waals surface area contributed by atoms with Crippen LogP contribution in [0.3, 0.4) is 0 Å². The van der Waals surface area contributed by atoms with E-state index >= 15 is 0 Å². The Hall–Kier alpha value is -6.50. The number of ether oxygens (including phenoxy) is 3. The monoisotopic (exact) mass is 631 g/mol. The van der Waals surface area contributed by atoms with Crippen LogP contribution in [0.2, 0.25) is 0 Å².